The Morgan fingerprint density at radius 3 is 2.78 bits per heavy atom. The number of aliphatic carboxylic acids is 1. The van der Waals surface area contributed by atoms with Crippen molar-refractivity contribution in [1.82, 2.24) is 10.2 Å². The standard InChI is InChI=1S/C12H22N2O4/c1-3-5-10(11(15)16)13-12(17)14-6-7-18-9(4-2)8-14/h9-10H,3-8H2,1-2H3,(H,13,17)(H,15,16)/t9?,10-/m0/s1. The number of nitrogens with zero attached hydrogens (tertiary/aromatic N) is 1. The summed E-state index contributed by atoms with van der Waals surface area (Å²) in [5.74, 6) is -0.981. The van der Waals surface area contributed by atoms with Crippen molar-refractivity contribution in [1.29, 1.82) is 0 Å². The molecule has 1 aliphatic rings. The van der Waals surface area contributed by atoms with E-state index in [9.17, 15) is 9.59 Å². The lowest BCUT2D eigenvalue weighted by molar-refractivity contribution is -0.139. The van der Waals surface area contributed by atoms with E-state index in [0.29, 0.717) is 26.1 Å². The van der Waals surface area contributed by atoms with Gasteiger partial charge in [0.1, 0.15) is 6.04 Å². The maximum absolute atomic E-state index is 11.9. The number of hydrogen-bond acceptors (Lipinski definition) is 3. The van der Waals surface area contributed by atoms with E-state index in [2.05, 4.69) is 5.32 Å². The fraction of sp³-hybridized carbons (Fsp3) is 0.833. The van der Waals surface area contributed by atoms with Crippen molar-refractivity contribution in [2.45, 2.75) is 45.3 Å². The first-order valence-corrected chi connectivity index (χ1v) is 6.48. The minimum atomic E-state index is -0.981. The summed E-state index contributed by atoms with van der Waals surface area (Å²) in [5, 5.41) is 11.6. The molecular formula is C12H22N2O4. The van der Waals surface area contributed by atoms with Gasteiger partial charge < -0.3 is 20.1 Å². The van der Waals surface area contributed by atoms with Crippen LogP contribution >= 0.6 is 0 Å². The number of carbonyl (C=O) groups is 2. The van der Waals surface area contributed by atoms with Gasteiger partial charge in [0, 0.05) is 13.1 Å². The van der Waals surface area contributed by atoms with Crippen molar-refractivity contribution in [3.63, 3.8) is 0 Å². The molecule has 6 heteroatoms. The van der Waals surface area contributed by atoms with Gasteiger partial charge in [-0.2, -0.15) is 0 Å². The van der Waals surface area contributed by atoms with Gasteiger partial charge >= 0.3 is 12.0 Å². The first-order valence-electron chi connectivity index (χ1n) is 6.48. The lowest BCUT2D eigenvalue weighted by Gasteiger charge is -2.33. The van der Waals surface area contributed by atoms with Gasteiger partial charge in [0.2, 0.25) is 0 Å². The van der Waals surface area contributed by atoms with E-state index < -0.39 is 12.0 Å². The third-order valence-electron chi connectivity index (χ3n) is 3.05. The number of nitrogens with one attached hydrogen (secondary N) is 1. The second-order valence-corrected chi connectivity index (χ2v) is 4.48. The van der Waals surface area contributed by atoms with Crippen LogP contribution in [0.2, 0.25) is 0 Å². The Bertz CT molecular complexity index is 296. The molecule has 2 N–H and O–H groups in total. The van der Waals surface area contributed by atoms with E-state index in [1.54, 1.807) is 4.90 Å². The van der Waals surface area contributed by atoms with Crippen LogP contribution in [-0.4, -0.2) is 53.8 Å². The summed E-state index contributed by atoms with van der Waals surface area (Å²) in [5.41, 5.74) is 0. The minimum Gasteiger partial charge on any atom is -0.480 e. The largest absolute Gasteiger partial charge is 0.480 e. The number of morpholine rings is 1. The summed E-state index contributed by atoms with van der Waals surface area (Å²) in [7, 11) is 0. The van der Waals surface area contributed by atoms with Gasteiger partial charge in [0.25, 0.3) is 0 Å². The average molecular weight is 258 g/mol. The molecule has 0 radical (unpaired) electrons. The van der Waals surface area contributed by atoms with Gasteiger partial charge in [-0.05, 0) is 12.8 Å². The molecule has 0 aliphatic carbocycles. The van der Waals surface area contributed by atoms with Gasteiger partial charge in [-0.1, -0.05) is 20.3 Å². The SMILES string of the molecule is CCC[C@H](NC(=O)N1CCOC(CC)C1)C(=O)O. The van der Waals surface area contributed by atoms with Gasteiger partial charge in [-0.25, -0.2) is 9.59 Å². The van der Waals surface area contributed by atoms with Crippen LogP contribution in [-0.2, 0) is 9.53 Å². The molecule has 1 unspecified atom stereocenters. The highest BCUT2D eigenvalue weighted by Crippen LogP contribution is 2.09. The molecule has 1 fully saturated rings. The summed E-state index contributed by atoms with van der Waals surface area (Å²) < 4.78 is 5.47. The Morgan fingerprint density at radius 1 is 1.50 bits per heavy atom. The van der Waals surface area contributed by atoms with Crippen LogP contribution in [0, 0.1) is 0 Å². The molecule has 1 heterocycles. The Morgan fingerprint density at radius 2 is 2.22 bits per heavy atom. The molecule has 104 valence electrons. The predicted molar refractivity (Wildman–Crippen MR) is 66.5 cm³/mol. The Kier molecular flexibility index (Phi) is 5.91. The Labute approximate surface area is 107 Å². The molecule has 18 heavy (non-hydrogen) atoms. The number of carboxylic acids is 1. The van der Waals surface area contributed by atoms with Crippen LogP contribution in [0.1, 0.15) is 33.1 Å². The van der Waals surface area contributed by atoms with Crippen LogP contribution in [0.5, 0.6) is 0 Å². The van der Waals surface area contributed by atoms with Crippen LogP contribution in [0.3, 0.4) is 0 Å². The van der Waals surface area contributed by atoms with E-state index in [4.69, 9.17) is 9.84 Å². The van der Waals surface area contributed by atoms with Gasteiger partial charge in [-0.3, -0.25) is 0 Å². The number of carbonyl (C=O) groups excluding carboxylic acids is 1. The van der Waals surface area contributed by atoms with Crippen molar-refractivity contribution < 1.29 is 19.4 Å². The van der Waals surface area contributed by atoms with E-state index in [1.165, 1.54) is 0 Å². The zero-order valence-electron chi connectivity index (χ0n) is 11.0. The molecule has 0 aromatic carbocycles. The zero-order chi connectivity index (χ0) is 13.5. The molecule has 0 spiro atoms. The summed E-state index contributed by atoms with van der Waals surface area (Å²) in [4.78, 5) is 24.5. The van der Waals surface area contributed by atoms with E-state index in [-0.39, 0.29) is 12.1 Å². The van der Waals surface area contributed by atoms with Crippen molar-refractivity contribution in [2.75, 3.05) is 19.7 Å². The smallest absolute Gasteiger partial charge is 0.326 e. The third kappa shape index (κ3) is 4.18. The van der Waals surface area contributed by atoms with Crippen molar-refractivity contribution in [3.8, 4) is 0 Å². The van der Waals surface area contributed by atoms with E-state index in [0.717, 1.165) is 12.8 Å². The lowest BCUT2D eigenvalue weighted by atomic mass is 10.1. The maximum Gasteiger partial charge on any atom is 0.326 e. The first-order chi connectivity index (χ1) is 8.58. The maximum atomic E-state index is 11.9. The molecule has 6 nitrogen and oxygen atoms in total. The predicted octanol–water partition coefficient (Wildman–Crippen LogP) is 1.06. The number of rotatable bonds is 5. The van der Waals surface area contributed by atoms with Crippen LogP contribution in [0.15, 0.2) is 0 Å². The van der Waals surface area contributed by atoms with E-state index >= 15 is 0 Å². The Hall–Kier alpha value is -1.30. The normalized spacial score (nSPS) is 21.4. The summed E-state index contributed by atoms with van der Waals surface area (Å²) >= 11 is 0. The summed E-state index contributed by atoms with van der Waals surface area (Å²) in [6, 6.07) is -1.11. The van der Waals surface area contributed by atoms with Gasteiger partial charge in [0.05, 0.1) is 12.7 Å². The number of ether oxygens (including phenoxy) is 1. The quantitative estimate of drug-likeness (QED) is 0.773. The Balaban J connectivity index is 2.50. The monoisotopic (exact) mass is 258 g/mol. The second-order valence-electron chi connectivity index (χ2n) is 4.48. The molecule has 1 rings (SSSR count). The molecule has 1 saturated heterocycles. The number of amides is 2. The van der Waals surface area contributed by atoms with Gasteiger partial charge in [-0.15, -0.1) is 0 Å². The van der Waals surface area contributed by atoms with Crippen molar-refractivity contribution in [3.05, 3.63) is 0 Å². The number of carboxylic acid groups (broad SMARTS) is 1. The number of hydrogen-bond donors (Lipinski definition) is 2. The molecular weight excluding hydrogens is 236 g/mol. The molecule has 0 aromatic heterocycles. The second kappa shape index (κ2) is 7.20. The molecule has 2 amide bonds. The fourth-order valence-corrected chi connectivity index (χ4v) is 1.94. The van der Waals surface area contributed by atoms with Crippen LogP contribution in [0.25, 0.3) is 0 Å². The fourth-order valence-electron chi connectivity index (χ4n) is 1.94. The van der Waals surface area contributed by atoms with Crippen molar-refractivity contribution in [2.24, 2.45) is 0 Å². The highest BCUT2D eigenvalue weighted by Gasteiger charge is 2.26. The third-order valence-corrected chi connectivity index (χ3v) is 3.05. The van der Waals surface area contributed by atoms with E-state index in [1.807, 2.05) is 13.8 Å². The van der Waals surface area contributed by atoms with Crippen LogP contribution in [0.4, 0.5) is 4.79 Å². The summed E-state index contributed by atoms with van der Waals surface area (Å²) in [6.07, 6.45) is 2.07. The van der Waals surface area contributed by atoms with Crippen molar-refractivity contribution >= 4 is 12.0 Å². The number of urea groups is 1. The topological polar surface area (TPSA) is 78.9 Å². The minimum absolute atomic E-state index is 0.0546. The molecule has 0 aromatic rings. The lowest BCUT2D eigenvalue weighted by Crippen LogP contribution is -2.53. The molecule has 0 saturated carbocycles. The van der Waals surface area contributed by atoms with Gasteiger partial charge in [0.15, 0.2) is 0 Å². The molecule has 0 bridgehead atoms. The zero-order valence-corrected chi connectivity index (χ0v) is 11.0. The molecule has 2 atom stereocenters. The molecule has 1 aliphatic heterocycles. The average Bonchev–Trinajstić information content (AvgIpc) is 2.38. The highest BCUT2D eigenvalue weighted by atomic mass is 16.5. The summed E-state index contributed by atoms with van der Waals surface area (Å²) in [6.45, 7) is 5.45. The highest BCUT2D eigenvalue weighted by molar-refractivity contribution is 5.82. The van der Waals surface area contributed by atoms with Crippen LogP contribution < -0.4 is 5.32 Å². The first kappa shape index (κ1) is 14.8.